The fourth-order valence-corrected chi connectivity index (χ4v) is 2.28. The highest BCUT2D eigenvalue weighted by Crippen LogP contribution is 2.20. The maximum Gasteiger partial charge on any atom is 0.221 e. The first-order valence-electron chi connectivity index (χ1n) is 6.71. The minimum Gasteiger partial charge on any atom is -0.369 e. The summed E-state index contributed by atoms with van der Waals surface area (Å²) in [5, 5.41) is 3.22. The van der Waals surface area contributed by atoms with Gasteiger partial charge in [-0.1, -0.05) is 24.3 Å². The molecule has 21 heavy (non-hydrogen) atoms. The summed E-state index contributed by atoms with van der Waals surface area (Å²) in [6.45, 7) is 2.03. The maximum absolute atomic E-state index is 10.9. The molecule has 5 heteroatoms. The van der Waals surface area contributed by atoms with E-state index >= 15 is 0 Å². The van der Waals surface area contributed by atoms with Crippen molar-refractivity contribution >= 4 is 28.6 Å². The van der Waals surface area contributed by atoms with Gasteiger partial charge in [0.05, 0.1) is 17.5 Å². The highest BCUT2D eigenvalue weighted by Gasteiger charge is 2.05. The number of carbonyl (C=O) groups is 1. The molecule has 0 aliphatic carbocycles. The SMILES string of the molecule is Cc1cccc2[nH]c(Nc3ccc(CC(N)=O)cc3)nc12. The minimum absolute atomic E-state index is 0.254. The number of nitrogens with one attached hydrogen (secondary N) is 2. The second-order valence-corrected chi connectivity index (χ2v) is 5.02. The van der Waals surface area contributed by atoms with E-state index in [1.54, 1.807) is 0 Å². The van der Waals surface area contributed by atoms with Crippen LogP contribution in [-0.2, 0) is 11.2 Å². The number of hydrogen-bond acceptors (Lipinski definition) is 3. The van der Waals surface area contributed by atoms with Gasteiger partial charge in [-0.2, -0.15) is 0 Å². The molecule has 1 aromatic heterocycles. The number of imidazole rings is 1. The standard InChI is InChI=1S/C16H16N4O/c1-10-3-2-4-13-15(10)20-16(19-13)18-12-7-5-11(6-8-12)9-14(17)21/h2-8H,9H2,1H3,(H2,17,21)(H2,18,19,20). The fourth-order valence-electron chi connectivity index (χ4n) is 2.28. The number of primary amides is 1. The number of aromatic amines is 1. The molecule has 0 radical (unpaired) electrons. The van der Waals surface area contributed by atoms with Crippen molar-refractivity contribution in [3.05, 3.63) is 53.6 Å². The summed E-state index contributed by atoms with van der Waals surface area (Å²) in [7, 11) is 0. The van der Waals surface area contributed by atoms with Crippen LogP contribution in [0.1, 0.15) is 11.1 Å². The average molecular weight is 280 g/mol. The molecule has 1 heterocycles. The van der Waals surface area contributed by atoms with Crippen LogP contribution < -0.4 is 11.1 Å². The van der Waals surface area contributed by atoms with Gasteiger partial charge >= 0.3 is 0 Å². The van der Waals surface area contributed by atoms with Crippen LogP contribution in [-0.4, -0.2) is 15.9 Å². The number of aryl methyl sites for hydroxylation is 1. The summed E-state index contributed by atoms with van der Waals surface area (Å²) in [6.07, 6.45) is 0.254. The van der Waals surface area contributed by atoms with Crippen molar-refractivity contribution in [2.24, 2.45) is 5.73 Å². The third-order valence-electron chi connectivity index (χ3n) is 3.31. The van der Waals surface area contributed by atoms with E-state index in [4.69, 9.17) is 5.73 Å². The Balaban J connectivity index is 1.81. The Morgan fingerprint density at radius 3 is 2.67 bits per heavy atom. The van der Waals surface area contributed by atoms with Crippen molar-refractivity contribution in [2.75, 3.05) is 5.32 Å². The lowest BCUT2D eigenvalue weighted by Crippen LogP contribution is -2.13. The van der Waals surface area contributed by atoms with Gasteiger partial charge in [0, 0.05) is 5.69 Å². The van der Waals surface area contributed by atoms with Crippen LogP contribution in [0.2, 0.25) is 0 Å². The zero-order chi connectivity index (χ0) is 14.8. The molecule has 0 atom stereocenters. The number of anilines is 2. The highest BCUT2D eigenvalue weighted by molar-refractivity contribution is 5.81. The Labute approximate surface area is 122 Å². The first-order chi connectivity index (χ1) is 10.1. The third kappa shape index (κ3) is 2.86. The van der Waals surface area contributed by atoms with Gasteiger partial charge in [-0.3, -0.25) is 4.79 Å². The molecule has 0 saturated heterocycles. The molecule has 0 saturated carbocycles. The summed E-state index contributed by atoms with van der Waals surface area (Å²) < 4.78 is 0. The molecule has 3 rings (SSSR count). The van der Waals surface area contributed by atoms with Crippen LogP contribution in [0.25, 0.3) is 11.0 Å². The molecule has 106 valence electrons. The van der Waals surface area contributed by atoms with Crippen LogP contribution in [0, 0.1) is 6.92 Å². The van der Waals surface area contributed by atoms with Crippen molar-refractivity contribution in [2.45, 2.75) is 13.3 Å². The van der Waals surface area contributed by atoms with Crippen LogP contribution in [0.3, 0.4) is 0 Å². The second-order valence-electron chi connectivity index (χ2n) is 5.02. The molecule has 0 aliphatic heterocycles. The normalized spacial score (nSPS) is 10.7. The second kappa shape index (κ2) is 5.28. The lowest BCUT2D eigenvalue weighted by atomic mass is 10.1. The lowest BCUT2D eigenvalue weighted by Gasteiger charge is -2.03. The first kappa shape index (κ1) is 13.2. The zero-order valence-corrected chi connectivity index (χ0v) is 11.7. The average Bonchev–Trinajstić information content (AvgIpc) is 2.84. The maximum atomic E-state index is 10.9. The number of para-hydroxylation sites is 1. The van der Waals surface area contributed by atoms with E-state index < -0.39 is 0 Å². The number of nitrogens with two attached hydrogens (primary N) is 1. The summed E-state index contributed by atoms with van der Waals surface area (Å²) in [6, 6.07) is 13.6. The molecule has 0 fully saturated rings. The van der Waals surface area contributed by atoms with E-state index in [1.165, 1.54) is 0 Å². The number of benzene rings is 2. The fraction of sp³-hybridized carbons (Fsp3) is 0.125. The van der Waals surface area contributed by atoms with Gasteiger partial charge < -0.3 is 16.0 Å². The molecule has 0 aliphatic rings. The minimum atomic E-state index is -0.330. The van der Waals surface area contributed by atoms with Crippen molar-refractivity contribution in [1.82, 2.24) is 9.97 Å². The van der Waals surface area contributed by atoms with Gasteiger partial charge in [0.2, 0.25) is 11.9 Å². The van der Waals surface area contributed by atoms with Crippen LogP contribution >= 0.6 is 0 Å². The molecular weight excluding hydrogens is 264 g/mol. The monoisotopic (exact) mass is 280 g/mol. The van der Waals surface area contributed by atoms with E-state index in [2.05, 4.69) is 15.3 Å². The Kier molecular flexibility index (Phi) is 3.31. The Morgan fingerprint density at radius 2 is 2.00 bits per heavy atom. The van der Waals surface area contributed by atoms with Gasteiger partial charge in [-0.25, -0.2) is 4.98 Å². The van der Waals surface area contributed by atoms with Gasteiger partial charge in [-0.15, -0.1) is 0 Å². The molecule has 1 amide bonds. The van der Waals surface area contributed by atoms with E-state index in [1.807, 2.05) is 49.4 Å². The molecular formula is C16H16N4O. The third-order valence-corrected chi connectivity index (χ3v) is 3.31. The van der Waals surface area contributed by atoms with E-state index in [0.717, 1.165) is 27.8 Å². The van der Waals surface area contributed by atoms with Crippen molar-refractivity contribution < 1.29 is 4.79 Å². The number of hydrogen-bond donors (Lipinski definition) is 3. The molecule has 5 nitrogen and oxygen atoms in total. The summed E-state index contributed by atoms with van der Waals surface area (Å²) in [4.78, 5) is 18.6. The van der Waals surface area contributed by atoms with Crippen LogP contribution in [0.15, 0.2) is 42.5 Å². The van der Waals surface area contributed by atoms with Crippen LogP contribution in [0.5, 0.6) is 0 Å². The van der Waals surface area contributed by atoms with Gasteiger partial charge in [0.15, 0.2) is 0 Å². The van der Waals surface area contributed by atoms with E-state index in [-0.39, 0.29) is 12.3 Å². The smallest absolute Gasteiger partial charge is 0.221 e. The van der Waals surface area contributed by atoms with Crippen molar-refractivity contribution in [3.8, 4) is 0 Å². The van der Waals surface area contributed by atoms with Crippen molar-refractivity contribution in [1.29, 1.82) is 0 Å². The molecule has 0 bridgehead atoms. The Hall–Kier alpha value is -2.82. The summed E-state index contributed by atoms with van der Waals surface area (Å²) >= 11 is 0. The molecule has 0 spiro atoms. The highest BCUT2D eigenvalue weighted by atomic mass is 16.1. The van der Waals surface area contributed by atoms with Gasteiger partial charge in [0.25, 0.3) is 0 Å². The predicted molar refractivity (Wildman–Crippen MR) is 83.5 cm³/mol. The molecule has 3 aromatic rings. The Morgan fingerprint density at radius 1 is 1.24 bits per heavy atom. The molecule has 2 aromatic carbocycles. The predicted octanol–water partition coefficient (Wildman–Crippen LogP) is 2.64. The molecule has 4 N–H and O–H groups in total. The summed E-state index contributed by atoms with van der Waals surface area (Å²) in [5.41, 5.74) is 10.1. The largest absolute Gasteiger partial charge is 0.369 e. The van der Waals surface area contributed by atoms with E-state index in [9.17, 15) is 4.79 Å². The molecule has 0 unspecified atom stereocenters. The van der Waals surface area contributed by atoms with Gasteiger partial charge in [-0.05, 0) is 36.2 Å². The zero-order valence-electron chi connectivity index (χ0n) is 11.7. The van der Waals surface area contributed by atoms with Crippen LogP contribution in [0.4, 0.5) is 11.6 Å². The number of nitrogens with zero attached hydrogens (tertiary/aromatic N) is 1. The number of carbonyl (C=O) groups excluding carboxylic acids is 1. The topological polar surface area (TPSA) is 83.8 Å². The Bertz CT molecular complexity index is 790. The van der Waals surface area contributed by atoms with Gasteiger partial charge in [0.1, 0.15) is 0 Å². The quantitative estimate of drug-likeness (QED) is 0.687. The number of fused-ring (bicyclic) bond motifs is 1. The number of rotatable bonds is 4. The van der Waals surface area contributed by atoms with Crippen molar-refractivity contribution in [3.63, 3.8) is 0 Å². The van der Waals surface area contributed by atoms with E-state index in [0.29, 0.717) is 5.95 Å². The first-order valence-corrected chi connectivity index (χ1v) is 6.71. The number of amides is 1. The lowest BCUT2D eigenvalue weighted by molar-refractivity contribution is -0.117. The summed E-state index contributed by atoms with van der Waals surface area (Å²) in [5.74, 6) is 0.366. The number of aromatic nitrogens is 2. The number of H-pyrrole nitrogens is 1.